The van der Waals surface area contributed by atoms with Crippen molar-refractivity contribution in [1.29, 1.82) is 0 Å². The van der Waals surface area contributed by atoms with E-state index in [1.807, 2.05) is 68.4 Å². The molecule has 2 heterocycles. The Bertz CT molecular complexity index is 1060. The maximum Gasteiger partial charge on any atom is 0.277 e. The molecule has 7 heteroatoms. The number of rotatable bonds is 7. The van der Waals surface area contributed by atoms with Gasteiger partial charge in [0.2, 0.25) is 5.89 Å². The number of benzene rings is 2. The van der Waals surface area contributed by atoms with E-state index in [-0.39, 0.29) is 6.61 Å². The van der Waals surface area contributed by atoms with Gasteiger partial charge in [-0.15, -0.1) is 10.2 Å². The lowest BCUT2D eigenvalue weighted by atomic mass is 10.2. The third-order valence-electron chi connectivity index (χ3n) is 4.05. The van der Waals surface area contributed by atoms with E-state index < -0.39 is 0 Å². The molecule has 6 nitrogen and oxygen atoms in total. The number of thioether (sulfide) groups is 1. The molecule has 0 aliphatic carbocycles. The van der Waals surface area contributed by atoms with E-state index in [0.29, 0.717) is 22.8 Å². The fraction of sp³-hybridized carbons (Fsp3) is 0.190. The van der Waals surface area contributed by atoms with E-state index in [1.54, 1.807) is 0 Å². The summed E-state index contributed by atoms with van der Waals surface area (Å²) in [6, 6.07) is 17.7. The van der Waals surface area contributed by atoms with Gasteiger partial charge in [-0.1, -0.05) is 42.1 Å². The van der Waals surface area contributed by atoms with Crippen molar-refractivity contribution in [3.8, 4) is 17.2 Å². The van der Waals surface area contributed by atoms with Crippen molar-refractivity contribution in [2.45, 2.75) is 31.4 Å². The second-order valence-electron chi connectivity index (χ2n) is 6.24. The van der Waals surface area contributed by atoms with Crippen molar-refractivity contribution in [3.63, 3.8) is 0 Å². The van der Waals surface area contributed by atoms with Gasteiger partial charge in [-0.3, -0.25) is 0 Å². The average molecular weight is 393 g/mol. The summed E-state index contributed by atoms with van der Waals surface area (Å²) in [6.07, 6.45) is 0. The quantitative estimate of drug-likeness (QED) is 0.399. The van der Waals surface area contributed by atoms with E-state index in [2.05, 4.69) is 15.2 Å². The number of hydrogen-bond donors (Lipinski definition) is 0. The van der Waals surface area contributed by atoms with Crippen LogP contribution in [0.1, 0.15) is 22.9 Å². The van der Waals surface area contributed by atoms with E-state index >= 15 is 0 Å². The first-order valence-electron chi connectivity index (χ1n) is 8.84. The molecule has 0 amide bonds. The van der Waals surface area contributed by atoms with E-state index in [0.717, 1.165) is 28.3 Å². The topological polar surface area (TPSA) is 74.2 Å². The van der Waals surface area contributed by atoms with Crippen LogP contribution in [0.3, 0.4) is 0 Å². The van der Waals surface area contributed by atoms with Crippen LogP contribution in [0.2, 0.25) is 0 Å². The smallest absolute Gasteiger partial charge is 0.277 e. The molecule has 4 aromatic rings. The van der Waals surface area contributed by atoms with Gasteiger partial charge in [0.05, 0.1) is 5.69 Å². The van der Waals surface area contributed by atoms with Crippen LogP contribution in [0.15, 0.2) is 68.7 Å². The Balaban J connectivity index is 1.35. The Hall–Kier alpha value is -3.06. The average Bonchev–Trinajstić information content (AvgIpc) is 3.32. The van der Waals surface area contributed by atoms with Gasteiger partial charge in [0.1, 0.15) is 11.5 Å². The van der Waals surface area contributed by atoms with Gasteiger partial charge in [0.25, 0.3) is 11.1 Å². The number of hydrogen-bond acceptors (Lipinski definition) is 7. The van der Waals surface area contributed by atoms with E-state index in [1.165, 1.54) is 11.8 Å². The summed E-state index contributed by atoms with van der Waals surface area (Å²) in [5, 5.41) is 8.58. The Morgan fingerprint density at radius 1 is 0.964 bits per heavy atom. The zero-order chi connectivity index (χ0) is 19.3. The van der Waals surface area contributed by atoms with Crippen LogP contribution in [0.5, 0.6) is 5.75 Å². The van der Waals surface area contributed by atoms with Crippen molar-refractivity contribution < 1.29 is 13.6 Å². The first-order chi connectivity index (χ1) is 13.7. The lowest BCUT2D eigenvalue weighted by molar-refractivity contribution is 0.252. The molecular weight excluding hydrogens is 374 g/mol. The first kappa shape index (κ1) is 18.3. The summed E-state index contributed by atoms with van der Waals surface area (Å²) in [4.78, 5) is 4.58. The molecule has 2 aromatic carbocycles. The normalized spacial score (nSPS) is 10.9. The molecule has 2 aromatic heterocycles. The molecule has 0 N–H and O–H groups in total. The van der Waals surface area contributed by atoms with Gasteiger partial charge in [0.15, 0.2) is 6.61 Å². The maximum atomic E-state index is 5.78. The van der Waals surface area contributed by atoms with Gasteiger partial charge in [-0.05, 0) is 43.7 Å². The van der Waals surface area contributed by atoms with Crippen LogP contribution in [-0.4, -0.2) is 15.2 Å². The minimum atomic E-state index is 0.234. The van der Waals surface area contributed by atoms with Crippen molar-refractivity contribution in [2.24, 2.45) is 0 Å². The summed E-state index contributed by atoms with van der Waals surface area (Å²) in [6.45, 7) is 4.16. The molecule has 0 unspecified atom stereocenters. The van der Waals surface area contributed by atoms with Crippen LogP contribution in [0, 0.1) is 13.8 Å². The predicted octanol–water partition coefficient (Wildman–Crippen LogP) is 5.21. The third kappa shape index (κ3) is 4.43. The minimum Gasteiger partial charge on any atom is -0.484 e. The second-order valence-corrected chi connectivity index (χ2v) is 7.17. The second kappa shape index (κ2) is 8.31. The van der Waals surface area contributed by atoms with Crippen LogP contribution in [-0.2, 0) is 12.4 Å². The fourth-order valence-electron chi connectivity index (χ4n) is 2.60. The van der Waals surface area contributed by atoms with Gasteiger partial charge in [0, 0.05) is 11.3 Å². The zero-order valence-electron chi connectivity index (χ0n) is 15.6. The summed E-state index contributed by atoms with van der Waals surface area (Å²) in [5.41, 5.74) is 2.95. The van der Waals surface area contributed by atoms with Gasteiger partial charge in [-0.2, -0.15) is 0 Å². The molecule has 28 heavy (non-hydrogen) atoms. The van der Waals surface area contributed by atoms with Crippen LogP contribution in [0.4, 0.5) is 0 Å². The summed E-state index contributed by atoms with van der Waals surface area (Å²) in [5.74, 6) is 3.20. The Morgan fingerprint density at radius 2 is 1.82 bits per heavy atom. The van der Waals surface area contributed by atoms with E-state index in [4.69, 9.17) is 13.6 Å². The lowest BCUT2D eigenvalue weighted by Crippen LogP contribution is -1.95. The maximum absolute atomic E-state index is 5.78. The molecular formula is C21H19N3O3S. The minimum absolute atomic E-state index is 0.234. The summed E-state index contributed by atoms with van der Waals surface area (Å²) in [7, 11) is 0. The number of aryl methyl sites for hydroxylation is 2. The molecule has 0 aliphatic rings. The highest BCUT2D eigenvalue weighted by Gasteiger charge is 2.14. The number of nitrogens with zero attached hydrogens (tertiary/aromatic N) is 3. The molecule has 142 valence electrons. The summed E-state index contributed by atoms with van der Waals surface area (Å²) < 4.78 is 17.1. The molecule has 0 spiro atoms. The number of ether oxygens (including phenoxy) is 1. The number of aromatic nitrogens is 3. The Morgan fingerprint density at radius 3 is 2.64 bits per heavy atom. The first-order valence-corrected chi connectivity index (χ1v) is 9.82. The largest absolute Gasteiger partial charge is 0.484 e. The van der Waals surface area contributed by atoms with Crippen LogP contribution in [0.25, 0.3) is 11.5 Å². The lowest BCUT2D eigenvalue weighted by Gasteiger charge is -2.03. The van der Waals surface area contributed by atoms with E-state index in [9.17, 15) is 0 Å². The molecule has 4 rings (SSSR count). The molecule has 0 radical (unpaired) electrons. The SMILES string of the molecule is Cc1cccc(OCc2nnc(SCc3nc(-c4ccccc4)oc3C)o2)c1. The van der Waals surface area contributed by atoms with Crippen LogP contribution >= 0.6 is 11.8 Å². The Kier molecular flexibility index (Phi) is 5.43. The molecule has 0 aliphatic heterocycles. The van der Waals surface area contributed by atoms with Gasteiger partial charge < -0.3 is 13.6 Å². The van der Waals surface area contributed by atoms with Crippen molar-refractivity contribution in [2.75, 3.05) is 0 Å². The zero-order valence-corrected chi connectivity index (χ0v) is 16.4. The summed E-state index contributed by atoms with van der Waals surface area (Å²) >= 11 is 1.42. The Labute approximate surface area is 167 Å². The van der Waals surface area contributed by atoms with Gasteiger partial charge >= 0.3 is 0 Å². The predicted molar refractivity (Wildman–Crippen MR) is 106 cm³/mol. The highest BCUT2D eigenvalue weighted by Crippen LogP contribution is 2.27. The fourth-order valence-corrected chi connectivity index (χ4v) is 3.38. The molecule has 0 saturated carbocycles. The third-order valence-corrected chi connectivity index (χ3v) is 4.88. The van der Waals surface area contributed by atoms with Crippen molar-refractivity contribution in [1.82, 2.24) is 15.2 Å². The van der Waals surface area contributed by atoms with Crippen molar-refractivity contribution in [3.05, 3.63) is 77.5 Å². The molecule has 0 saturated heterocycles. The van der Waals surface area contributed by atoms with Crippen molar-refractivity contribution >= 4 is 11.8 Å². The van der Waals surface area contributed by atoms with Gasteiger partial charge in [-0.25, -0.2) is 4.98 Å². The molecule has 0 atom stereocenters. The molecule has 0 bridgehead atoms. The highest BCUT2D eigenvalue weighted by molar-refractivity contribution is 7.98. The monoisotopic (exact) mass is 393 g/mol. The molecule has 0 fully saturated rings. The standard InChI is InChI=1S/C21H19N3O3S/c1-14-7-6-10-17(11-14)25-12-19-23-24-21(27-19)28-13-18-15(2)26-20(22-18)16-8-4-3-5-9-16/h3-11H,12-13H2,1-2H3. The number of oxazole rings is 1. The van der Waals surface area contributed by atoms with Crippen LogP contribution < -0.4 is 4.74 Å². The highest BCUT2D eigenvalue weighted by atomic mass is 32.2.